The van der Waals surface area contributed by atoms with E-state index in [0.717, 1.165) is 11.1 Å². The van der Waals surface area contributed by atoms with Crippen molar-refractivity contribution in [1.82, 2.24) is 0 Å². The van der Waals surface area contributed by atoms with Gasteiger partial charge in [0.1, 0.15) is 5.75 Å². The van der Waals surface area contributed by atoms with E-state index >= 15 is 0 Å². The van der Waals surface area contributed by atoms with Crippen LogP contribution in [-0.4, -0.2) is 5.11 Å². The summed E-state index contributed by atoms with van der Waals surface area (Å²) in [5, 5.41) is 9.77. The summed E-state index contributed by atoms with van der Waals surface area (Å²) in [6.07, 6.45) is 0. The number of benzene rings is 1. The van der Waals surface area contributed by atoms with Crippen molar-refractivity contribution >= 4 is 11.6 Å². The van der Waals surface area contributed by atoms with Crippen LogP contribution in [0.25, 0.3) is 0 Å². The Morgan fingerprint density at radius 1 is 1.33 bits per heavy atom. The summed E-state index contributed by atoms with van der Waals surface area (Å²) in [4.78, 5) is 0. The highest BCUT2D eigenvalue weighted by Gasteiger charge is 2.07. The van der Waals surface area contributed by atoms with Crippen molar-refractivity contribution in [1.29, 1.82) is 0 Å². The summed E-state index contributed by atoms with van der Waals surface area (Å²) in [7, 11) is 0. The largest absolute Gasteiger partial charge is 0.506 e. The molecule has 0 unspecified atom stereocenters. The van der Waals surface area contributed by atoms with E-state index in [9.17, 15) is 5.11 Å². The number of aryl methyl sites for hydroxylation is 1. The maximum Gasteiger partial charge on any atom is 0.134 e. The Hall–Kier alpha value is -0.690. The number of halogens is 1. The van der Waals surface area contributed by atoms with Gasteiger partial charge in [-0.2, -0.15) is 0 Å². The third-order valence-corrected chi connectivity index (χ3v) is 2.26. The lowest BCUT2D eigenvalue weighted by Crippen LogP contribution is -1.91. The maximum atomic E-state index is 9.34. The molecule has 0 saturated carbocycles. The van der Waals surface area contributed by atoms with Gasteiger partial charge in [0.15, 0.2) is 0 Å². The molecule has 0 aliphatic rings. The molecule has 0 aliphatic heterocycles. The van der Waals surface area contributed by atoms with Gasteiger partial charge in [-0.05, 0) is 36.1 Å². The monoisotopic (exact) mass is 184 g/mol. The Morgan fingerprint density at radius 3 is 2.42 bits per heavy atom. The van der Waals surface area contributed by atoms with Crippen LogP contribution in [-0.2, 0) is 0 Å². The topological polar surface area (TPSA) is 20.2 Å². The summed E-state index contributed by atoms with van der Waals surface area (Å²) in [6, 6.07) is 3.54. The van der Waals surface area contributed by atoms with E-state index in [1.54, 1.807) is 12.1 Å². The normalized spacial score (nSPS) is 10.8. The summed E-state index contributed by atoms with van der Waals surface area (Å²) in [5.74, 6) is 0.596. The minimum atomic E-state index is 0.172. The third-order valence-electron chi connectivity index (χ3n) is 1.96. The van der Waals surface area contributed by atoms with Crippen molar-refractivity contribution in [3.8, 4) is 5.75 Å². The number of aromatic hydroxyl groups is 1. The molecule has 0 bridgehead atoms. The van der Waals surface area contributed by atoms with E-state index in [1.807, 2.05) is 6.92 Å². The molecule has 0 fully saturated rings. The molecule has 1 nitrogen and oxygen atoms in total. The lowest BCUT2D eigenvalue weighted by Gasteiger charge is -2.10. The predicted octanol–water partition coefficient (Wildman–Crippen LogP) is 3.48. The average molecular weight is 185 g/mol. The second kappa shape index (κ2) is 3.36. The molecule has 12 heavy (non-hydrogen) atoms. The molecule has 1 N–H and O–H groups in total. The summed E-state index contributed by atoms with van der Waals surface area (Å²) < 4.78 is 0. The molecule has 0 heterocycles. The molecule has 0 radical (unpaired) electrons. The van der Waals surface area contributed by atoms with Crippen LogP contribution in [0.3, 0.4) is 0 Å². The van der Waals surface area contributed by atoms with Gasteiger partial charge in [0.05, 0.1) is 5.02 Å². The SMILES string of the molecule is Cc1cc(Cl)c(O)cc1C(C)C. The second-order valence-electron chi connectivity index (χ2n) is 3.31. The first-order valence-corrected chi connectivity index (χ1v) is 4.39. The van der Waals surface area contributed by atoms with E-state index in [4.69, 9.17) is 11.6 Å². The fourth-order valence-corrected chi connectivity index (χ4v) is 1.52. The Kier molecular flexibility index (Phi) is 2.63. The van der Waals surface area contributed by atoms with Crippen molar-refractivity contribution in [3.63, 3.8) is 0 Å². The van der Waals surface area contributed by atoms with Crippen LogP contribution in [0.5, 0.6) is 5.75 Å². The van der Waals surface area contributed by atoms with E-state index in [1.165, 1.54) is 0 Å². The van der Waals surface area contributed by atoms with Gasteiger partial charge < -0.3 is 5.11 Å². The summed E-state index contributed by atoms with van der Waals surface area (Å²) in [5.41, 5.74) is 2.28. The lowest BCUT2D eigenvalue weighted by atomic mass is 9.98. The molecule has 0 aliphatic carbocycles. The molecule has 0 spiro atoms. The van der Waals surface area contributed by atoms with Crippen molar-refractivity contribution in [2.24, 2.45) is 0 Å². The third kappa shape index (κ3) is 1.72. The average Bonchev–Trinajstić information content (AvgIpc) is 1.96. The van der Waals surface area contributed by atoms with Crippen molar-refractivity contribution < 1.29 is 5.11 Å². The van der Waals surface area contributed by atoms with Gasteiger partial charge in [-0.3, -0.25) is 0 Å². The molecule has 0 amide bonds. The Labute approximate surface area is 78.0 Å². The zero-order valence-electron chi connectivity index (χ0n) is 7.56. The first-order chi connectivity index (χ1) is 5.52. The minimum absolute atomic E-state index is 0.172. The maximum absolute atomic E-state index is 9.34. The standard InChI is InChI=1S/C10H13ClO/c1-6(2)8-5-10(12)9(11)4-7(8)3/h4-6,12H,1-3H3. The van der Waals surface area contributed by atoms with Crippen molar-refractivity contribution in [2.75, 3.05) is 0 Å². The highest BCUT2D eigenvalue weighted by Crippen LogP contribution is 2.30. The number of hydrogen-bond acceptors (Lipinski definition) is 1. The molecule has 2 heteroatoms. The van der Waals surface area contributed by atoms with E-state index in [0.29, 0.717) is 10.9 Å². The fourth-order valence-electron chi connectivity index (χ4n) is 1.30. The zero-order chi connectivity index (χ0) is 9.30. The van der Waals surface area contributed by atoms with Gasteiger partial charge >= 0.3 is 0 Å². The lowest BCUT2D eigenvalue weighted by molar-refractivity contribution is 0.474. The van der Waals surface area contributed by atoms with Gasteiger partial charge in [-0.1, -0.05) is 25.4 Å². The van der Waals surface area contributed by atoms with E-state index < -0.39 is 0 Å². The molecule has 1 aromatic rings. The van der Waals surface area contributed by atoms with Crippen LogP contribution >= 0.6 is 11.6 Å². The first-order valence-electron chi connectivity index (χ1n) is 4.01. The number of hydrogen-bond donors (Lipinski definition) is 1. The van der Waals surface area contributed by atoms with E-state index in [-0.39, 0.29) is 5.75 Å². The molecular weight excluding hydrogens is 172 g/mol. The van der Waals surface area contributed by atoms with Crippen molar-refractivity contribution in [2.45, 2.75) is 26.7 Å². The zero-order valence-corrected chi connectivity index (χ0v) is 8.31. The highest BCUT2D eigenvalue weighted by molar-refractivity contribution is 6.32. The molecule has 0 aromatic heterocycles. The Balaban J connectivity index is 3.23. The van der Waals surface area contributed by atoms with Gasteiger partial charge in [0, 0.05) is 0 Å². The predicted molar refractivity (Wildman–Crippen MR) is 51.9 cm³/mol. The Bertz CT molecular complexity index is 292. The van der Waals surface area contributed by atoms with Crippen LogP contribution in [0.1, 0.15) is 30.9 Å². The highest BCUT2D eigenvalue weighted by atomic mass is 35.5. The van der Waals surface area contributed by atoms with Gasteiger partial charge in [0.25, 0.3) is 0 Å². The molecule has 1 aromatic carbocycles. The smallest absolute Gasteiger partial charge is 0.134 e. The molecule has 0 saturated heterocycles. The van der Waals surface area contributed by atoms with Crippen LogP contribution in [0.15, 0.2) is 12.1 Å². The van der Waals surface area contributed by atoms with Gasteiger partial charge in [0.2, 0.25) is 0 Å². The summed E-state index contributed by atoms with van der Waals surface area (Å²) >= 11 is 5.74. The number of phenolic OH excluding ortho intramolecular Hbond substituents is 1. The number of rotatable bonds is 1. The fraction of sp³-hybridized carbons (Fsp3) is 0.400. The van der Waals surface area contributed by atoms with E-state index in [2.05, 4.69) is 13.8 Å². The number of phenols is 1. The molecule has 66 valence electrons. The first kappa shape index (κ1) is 9.40. The molecule has 0 atom stereocenters. The van der Waals surface area contributed by atoms with Crippen LogP contribution in [0, 0.1) is 6.92 Å². The van der Waals surface area contributed by atoms with Crippen LogP contribution in [0.4, 0.5) is 0 Å². The van der Waals surface area contributed by atoms with Crippen molar-refractivity contribution in [3.05, 3.63) is 28.3 Å². The van der Waals surface area contributed by atoms with Gasteiger partial charge in [-0.25, -0.2) is 0 Å². The van der Waals surface area contributed by atoms with Crippen LogP contribution < -0.4 is 0 Å². The quantitative estimate of drug-likeness (QED) is 0.709. The molecular formula is C10H13ClO. The second-order valence-corrected chi connectivity index (χ2v) is 3.72. The summed E-state index contributed by atoms with van der Waals surface area (Å²) in [6.45, 7) is 6.19. The van der Waals surface area contributed by atoms with Crippen LogP contribution in [0.2, 0.25) is 5.02 Å². The molecule has 1 rings (SSSR count). The Morgan fingerprint density at radius 2 is 1.92 bits per heavy atom. The minimum Gasteiger partial charge on any atom is -0.506 e. The van der Waals surface area contributed by atoms with Gasteiger partial charge in [-0.15, -0.1) is 0 Å².